The first-order valence-corrected chi connectivity index (χ1v) is 11.1. The van der Waals surface area contributed by atoms with E-state index in [9.17, 15) is 4.79 Å². The molecule has 1 aromatic heterocycles. The molecular weight excluding hydrogens is 394 g/mol. The van der Waals surface area contributed by atoms with Gasteiger partial charge in [0.25, 0.3) is 0 Å². The minimum absolute atomic E-state index is 0.0481. The molecule has 0 bridgehead atoms. The zero-order valence-corrected chi connectivity index (χ0v) is 18.2. The molecule has 4 rings (SSSR count). The van der Waals surface area contributed by atoms with Gasteiger partial charge in [0.05, 0.1) is 22.1 Å². The minimum Gasteiger partial charge on any atom is -0.343 e. The first kappa shape index (κ1) is 20.4. The van der Waals surface area contributed by atoms with Crippen LogP contribution in [0.15, 0.2) is 60.0 Å². The van der Waals surface area contributed by atoms with Gasteiger partial charge in [-0.3, -0.25) is 4.90 Å². The number of benzene rings is 2. The number of piperazine rings is 1. The molecule has 3 aromatic rings. The van der Waals surface area contributed by atoms with Gasteiger partial charge in [0.1, 0.15) is 0 Å². The summed E-state index contributed by atoms with van der Waals surface area (Å²) in [6, 6.07) is 18.0. The standard InChI is InChI=1S/C23H27N5OS/c1-18-24-19(17-30-18)16-27-12-14-28(15-13-27)23(29)25-21-10-6-7-11-22(21)26(2)20-8-4-3-5-9-20/h3-11,17H,12-16H2,1-2H3,(H,25,29). The third kappa shape index (κ3) is 4.80. The van der Waals surface area contributed by atoms with Crippen LogP contribution in [0.4, 0.5) is 21.9 Å². The van der Waals surface area contributed by atoms with E-state index in [2.05, 4.69) is 37.6 Å². The number of carbonyl (C=O) groups is 1. The number of nitrogens with zero attached hydrogens (tertiary/aromatic N) is 4. The predicted octanol–water partition coefficient (Wildman–Crippen LogP) is 4.57. The largest absolute Gasteiger partial charge is 0.343 e. The molecule has 1 fully saturated rings. The summed E-state index contributed by atoms with van der Waals surface area (Å²) >= 11 is 1.69. The summed E-state index contributed by atoms with van der Waals surface area (Å²) in [4.78, 5) is 23.8. The van der Waals surface area contributed by atoms with Crippen molar-refractivity contribution < 1.29 is 4.79 Å². The van der Waals surface area contributed by atoms with Gasteiger partial charge in [-0.2, -0.15) is 0 Å². The second kappa shape index (κ2) is 9.28. The van der Waals surface area contributed by atoms with Crippen LogP contribution in [0.1, 0.15) is 10.7 Å². The molecular formula is C23H27N5OS. The van der Waals surface area contributed by atoms with Gasteiger partial charge in [-0.25, -0.2) is 9.78 Å². The zero-order chi connectivity index (χ0) is 20.9. The SMILES string of the molecule is Cc1nc(CN2CCN(C(=O)Nc3ccccc3N(C)c3ccccc3)CC2)cs1. The Morgan fingerprint density at radius 1 is 1.07 bits per heavy atom. The maximum Gasteiger partial charge on any atom is 0.321 e. The van der Waals surface area contributed by atoms with Crippen molar-refractivity contribution in [2.24, 2.45) is 0 Å². The number of amides is 2. The van der Waals surface area contributed by atoms with Crippen LogP contribution in [0.3, 0.4) is 0 Å². The fraction of sp³-hybridized carbons (Fsp3) is 0.304. The molecule has 2 amide bonds. The van der Waals surface area contributed by atoms with Crippen LogP contribution in [0.5, 0.6) is 0 Å². The summed E-state index contributed by atoms with van der Waals surface area (Å²) in [5, 5.41) is 6.33. The highest BCUT2D eigenvalue weighted by molar-refractivity contribution is 7.09. The maximum absolute atomic E-state index is 12.9. The molecule has 0 unspecified atom stereocenters. The van der Waals surface area contributed by atoms with Crippen LogP contribution in [0.2, 0.25) is 0 Å². The van der Waals surface area contributed by atoms with Crippen molar-refractivity contribution >= 4 is 34.4 Å². The molecule has 0 saturated carbocycles. The lowest BCUT2D eigenvalue weighted by atomic mass is 10.2. The van der Waals surface area contributed by atoms with Crippen LogP contribution < -0.4 is 10.2 Å². The molecule has 0 radical (unpaired) electrons. The van der Waals surface area contributed by atoms with Crippen molar-refractivity contribution in [3.8, 4) is 0 Å². The molecule has 0 atom stereocenters. The Labute approximate surface area is 181 Å². The third-order valence-electron chi connectivity index (χ3n) is 5.36. The molecule has 2 aromatic carbocycles. The molecule has 1 N–H and O–H groups in total. The summed E-state index contributed by atoms with van der Waals surface area (Å²) in [7, 11) is 2.01. The Balaban J connectivity index is 1.37. The first-order valence-electron chi connectivity index (χ1n) is 10.2. The summed E-state index contributed by atoms with van der Waals surface area (Å²) in [6.07, 6.45) is 0. The molecule has 30 heavy (non-hydrogen) atoms. The molecule has 156 valence electrons. The van der Waals surface area contributed by atoms with Gasteiger partial charge in [0, 0.05) is 50.8 Å². The van der Waals surface area contributed by atoms with E-state index in [1.807, 2.05) is 61.3 Å². The highest BCUT2D eigenvalue weighted by Crippen LogP contribution is 2.30. The first-order chi connectivity index (χ1) is 14.6. The van der Waals surface area contributed by atoms with Gasteiger partial charge < -0.3 is 15.1 Å². The van der Waals surface area contributed by atoms with Crippen LogP contribution in [-0.4, -0.2) is 54.0 Å². The lowest BCUT2D eigenvalue weighted by Gasteiger charge is -2.34. The van der Waals surface area contributed by atoms with Crippen LogP contribution >= 0.6 is 11.3 Å². The van der Waals surface area contributed by atoms with Gasteiger partial charge in [-0.15, -0.1) is 11.3 Å². The molecule has 0 aliphatic carbocycles. The smallest absolute Gasteiger partial charge is 0.321 e. The summed E-state index contributed by atoms with van der Waals surface area (Å²) in [6.45, 7) is 6.02. The molecule has 2 heterocycles. The molecule has 0 spiro atoms. The molecule has 1 aliphatic heterocycles. The number of para-hydroxylation sites is 3. The van der Waals surface area contributed by atoms with Crippen molar-refractivity contribution in [3.05, 3.63) is 70.7 Å². The average Bonchev–Trinajstić information content (AvgIpc) is 3.19. The van der Waals surface area contributed by atoms with Crippen LogP contribution in [0, 0.1) is 6.92 Å². The number of hydrogen-bond donors (Lipinski definition) is 1. The number of nitrogens with one attached hydrogen (secondary N) is 1. The monoisotopic (exact) mass is 421 g/mol. The van der Waals surface area contributed by atoms with Crippen molar-refractivity contribution in [1.29, 1.82) is 0 Å². The Kier molecular flexibility index (Phi) is 6.30. The van der Waals surface area contributed by atoms with Gasteiger partial charge in [-0.1, -0.05) is 30.3 Å². The Morgan fingerprint density at radius 2 is 1.77 bits per heavy atom. The minimum atomic E-state index is -0.0481. The van der Waals surface area contributed by atoms with E-state index >= 15 is 0 Å². The van der Waals surface area contributed by atoms with Crippen molar-refractivity contribution in [3.63, 3.8) is 0 Å². The highest BCUT2D eigenvalue weighted by Gasteiger charge is 2.22. The van der Waals surface area contributed by atoms with Crippen molar-refractivity contribution in [1.82, 2.24) is 14.8 Å². The number of thiazole rings is 1. The van der Waals surface area contributed by atoms with Crippen molar-refractivity contribution in [2.45, 2.75) is 13.5 Å². The van der Waals surface area contributed by atoms with Crippen LogP contribution in [0.25, 0.3) is 0 Å². The maximum atomic E-state index is 12.9. The molecule has 1 saturated heterocycles. The van der Waals surface area contributed by atoms with Gasteiger partial charge in [0.2, 0.25) is 0 Å². The van der Waals surface area contributed by atoms with E-state index in [-0.39, 0.29) is 6.03 Å². The fourth-order valence-electron chi connectivity index (χ4n) is 3.68. The average molecular weight is 422 g/mol. The number of rotatable bonds is 5. The number of aromatic nitrogens is 1. The van der Waals surface area contributed by atoms with Gasteiger partial charge >= 0.3 is 6.03 Å². The second-order valence-electron chi connectivity index (χ2n) is 7.46. The number of hydrogen-bond acceptors (Lipinski definition) is 5. The topological polar surface area (TPSA) is 51.7 Å². The fourth-order valence-corrected chi connectivity index (χ4v) is 4.28. The zero-order valence-electron chi connectivity index (χ0n) is 17.4. The number of anilines is 3. The Morgan fingerprint density at radius 3 is 2.47 bits per heavy atom. The Bertz CT molecular complexity index is 982. The third-order valence-corrected chi connectivity index (χ3v) is 6.18. The lowest BCUT2D eigenvalue weighted by molar-refractivity contribution is 0.142. The van der Waals surface area contributed by atoms with E-state index in [4.69, 9.17) is 0 Å². The van der Waals surface area contributed by atoms with E-state index in [0.717, 1.165) is 47.4 Å². The number of aryl methyl sites for hydroxylation is 1. The van der Waals surface area contributed by atoms with Crippen LogP contribution in [-0.2, 0) is 6.54 Å². The summed E-state index contributed by atoms with van der Waals surface area (Å²) in [5.41, 5.74) is 3.97. The van der Waals surface area contributed by atoms with E-state index < -0.39 is 0 Å². The molecule has 6 nitrogen and oxygen atoms in total. The van der Waals surface area contributed by atoms with Crippen molar-refractivity contribution in [2.75, 3.05) is 43.4 Å². The van der Waals surface area contributed by atoms with Gasteiger partial charge in [-0.05, 0) is 31.2 Å². The molecule has 1 aliphatic rings. The number of urea groups is 1. The Hall–Kier alpha value is -2.90. The lowest BCUT2D eigenvalue weighted by Crippen LogP contribution is -2.49. The predicted molar refractivity (Wildman–Crippen MR) is 124 cm³/mol. The van der Waals surface area contributed by atoms with E-state index in [1.54, 1.807) is 11.3 Å². The quantitative estimate of drug-likeness (QED) is 0.656. The van der Waals surface area contributed by atoms with Gasteiger partial charge in [0.15, 0.2) is 0 Å². The summed E-state index contributed by atoms with van der Waals surface area (Å²) in [5.74, 6) is 0. The van der Waals surface area contributed by atoms with E-state index in [1.165, 1.54) is 0 Å². The highest BCUT2D eigenvalue weighted by atomic mass is 32.1. The number of carbonyl (C=O) groups excluding carboxylic acids is 1. The second-order valence-corrected chi connectivity index (χ2v) is 8.53. The molecule has 7 heteroatoms. The summed E-state index contributed by atoms with van der Waals surface area (Å²) < 4.78 is 0. The van der Waals surface area contributed by atoms with E-state index in [0.29, 0.717) is 13.1 Å². The normalized spacial score (nSPS) is 14.5.